The molecular formula is C12H16BrN3O. The number of carbonyl (C=O) groups is 1. The van der Waals surface area contributed by atoms with Gasteiger partial charge in [0.05, 0.1) is 6.54 Å². The Labute approximate surface area is 110 Å². The fourth-order valence-electron chi connectivity index (χ4n) is 1.95. The summed E-state index contributed by atoms with van der Waals surface area (Å²) >= 11 is 3.31. The first kappa shape index (κ1) is 12.5. The standard InChI is InChI=1S/C12H16BrN3O/c13-10-4-5-11(14-8-10)15-12(17)9-16-6-2-1-3-7-16/h4-5,8H,1-3,6-7,9H2,(H,14,15,17). The third kappa shape index (κ3) is 4.09. The molecule has 0 aromatic carbocycles. The Morgan fingerprint density at radius 1 is 1.35 bits per heavy atom. The number of anilines is 1. The van der Waals surface area contributed by atoms with Crippen molar-refractivity contribution in [3.05, 3.63) is 22.8 Å². The molecule has 1 amide bonds. The molecule has 0 saturated carbocycles. The highest BCUT2D eigenvalue weighted by Crippen LogP contribution is 2.11. The van der Waals surface area contributed by atoms with Crippen molar-refractivity contribution in [2.75, 3.05) is 25.0 Å². The molecular weight excluding hydrogens is 282 g/mol. The molecule has 0 bridgehead atoms. The summed E-state index contributed by atoms with van der Waals surface area (Å²) in [5.74, 6) is 0.622. The predicted molar refractivity (Wildman–Crippen MR) is 70.9 cm³/mol. The van der Waals surface area contributed by atoms with Crippen molar-refractivity contribution in [2.45, 2.75) is 19.3 Å². The van der Waals surface area contributed by atoms with Crippen LogP contribution in [0.1, 0.15) is 19.3 Å². The number of nitrogens with one attached hydrogen (secondary N) is 1. The van der Waals surface area contributed by atoms with Crippen LogP contribution < -0.4 is 5.32 Å². The van der Waals surface area contributed by atoms with E-state index in [2.05, 4.69) is 31.1 Å². The van der Waals surface area contributed by atoms with Gasteiger partial charge in [-0.1, -0.05) is 6.42 Å². The minimum Gasteiger partial charge on any atom is -0.310 e. The molecule has 0 spiro atoms. The maximum Gasteiger partial charge on any atom is 0.239 e. The van der Waals surface area contributed by atoms with Gasteiger partial charge in [0.15, 0.2) is 0 Å². The van der Waals surface area contributed by atoms with E-state index in [1.54, 1.807) is 12.3 Å². The number of halogens is 1. The minimum absolute atomic E-state index is 0.0155. The summed E-state index contributed by atoms with van der Waals surface area (Å²) in [7, 11) is 0. The van der Waals surface area contributed by atoms with Gasteiger partial charge in [0.1, 0.15) is 5.82 Å². The van der Waals surface area contributed by atoms with Gasteiger partial charge in [-0.3, -0.25) is 9.69 Å². The highest BCUT2D eigenvalue weighted by Gasteiger charge is 2.13. The van der Waals surface area contributed by atoms with Crippen molar-refractivity contribution < 1.29 is 4.79 Å². The molecule has 0 aliphatic carbocycles. The van der Waals surface area contributed by atoms with E-state index in [0.717, 1.165) is 17.6 Å². The van der Waals surface area contributed by atoms with E-state index in [0.29, 0.717) is 12.4 Å². The number of amides is 1. The van der Waals surface area contributed by atoms with Gasteiger partial charge in [0.25, 0.3) is 0 Å². The van der Waals surface area contributed by atoms with Gasteiger partial charge in [-0.05, 0) is 54.0 Å². The van der Waals surface area contributed by atoms with Crippen LogP contribution in [0.5, 0.6) is 0 Å². The van der Waals surface area contributed by atoms with E-state index in [1.807, 2.05) is 6.07 Å². The third-order valence-electron chi connectivity index (χ3n) is 2.81. The molecule has 1 saturated heterocycles. The van der Waals surface area contributed by atoms with Crippen LogP contribution in [-0.2, 0) is 4.79 Å². The van der Waals surface area contributed by atoms with Crippen molar-refractivity contribution in [1.29, 1.82) is 0 Å². The molecule has 0 radical (unpaired) electrons. The number of nitrogens with zero attached hydrogens (tertiary/aromatic N) is 2. The monoisotopic (exact) mass is 297 g/mol. The van der Waals surface area contributed by atoms with Crippen LogP contribution in [0, 0.1) is 0 Å². The molecule has 1 aromatic rings. The summed E-state index contributed by atoms with van der Waals surface area (Å²) in [5, 5.41) is 2.80. The molecule has 92 valence electrons. The Bertz CT molecular complexity index is 374. The van der Waals surface area contributed by atoms with Crippen molar-refractivity contribution >= 4 is 27.7 Å². The maximum absolute atomic E-state index is 11.8. The van der Waals surface area contributed by atoms with Gasteiger partial charge in [0.2, 0.25) is 5.91 Å². The molecule has 2 heterocycles. The topological polar surface area (TPSA) is 45.2 Å². The first-order valence-corrected chi connectivity index (χ1v) is 6.67. The number of hydrogen-bond acceptors (Lipinski definition) is 3. The highest BCUT2D eigenvalue weighted by molar-refractivity contribution is 9.10. The smallest absolute Gasteiger partial charge is 0.239 e. The van der Waals surface area contributed by atoms with Crippen molar-refractivity contribution in [2.24, 2.45) is 0 Å². The molecule has 1 aliphatic heterocycles. The van der Waals surface area contributed by atoms with E-state index in [1.165, 1.54) is 19.3 Å². The molecule has 1 aromatic heterocycles. The van der Waals surface area contributed by atoms with Crippen LogP contribution in [-0.4, -0.2) is 35.4 Å². The lowest BCUT2D eigenvalue weighted by atomic mass is 10.1. The van der Waals surface area contributed by atoms with Gasteiger partial charge in [-0.15, -0.1) is 0 Å². The largest absolute Gasteiger partial charge is 0.310 e. The predicted octanol–water partition coefficient (Wildman–Crippen LogP) is 2.27. The molecule has 0 unspecified atom stereocenters. The van der Waals surface area contributed by atoms with Gasteiger partial charge >= 0.3 is 0 Å². The molecule has 1 fully saturated rings. The van der Waals surface area contributed by atoms with Gasteiger partial charge in [-0.2, -0.15) is 0 Å². The van der Waals surface area contributed by atoms with Crippen LogP contribution in [0.25, 0.3) is 0 Å². The van der Waals surface area contributed by atoms with E-state index in [9.17, 15) is 4.79 Å². The first-order chi connectivity index (χ1) is 8.24. The molecule has 4 nitrogen and oxygen atoms in total. The molecule has 2 rings (SSSR count). The Morgan fingerprint density at radius 2 is 2.12 bits per heavy atom. The van der Waals surface area contributed by atoms with Crippen LogP contribution in [0.15, 0.2) is 22.8 Å². The fraction of sp³-hybridized carbons (Fsp3) is 0.500. The molecule has 17 heavy (non-hydrogen) atoms. The van der Waals surface area contributed by atoms with E-state index >= 15 is 0 Å². The Morgan fingerprint density at radius 3 is 2.76 bits per heavy atom. The summed E-state index contributed by atoms with van der Waals surface area (Å²) in [5.41, 5.74) is 0. The molecule has 1 aliphatic rings. The first-order valence-electron chi connectivity index (χ1n) is 5.88. The van der Waals surface area contributed by atoms with Crippen molar-refractivity contribution in [3.8, 4) is 0 Å². The van der Waals surface area contributed by atoms with Gasteiger partial charge in [0, 0.05) is 10.7 Å². The van der Waals surface area contributed by atoms with Crippen LogP contribution >= 0.6 is 15.9 Å². The third-order valence-corrected chi connectivity index (χ3v) is 3.28. The van der Waals surface area contributed by atoms with Crippen LogP contribution in [0.3, 0.4) is 0 Å². The van der Waals surface area contributed by atoms with Gasteiger partial charge in [-0.25, -0.2) is 4.98 Å². The number of carbonyl (C=O) groups excluding carboxylic acids is 1. The second-order valence-corrected chi connectivity index (χ2v) is 5.16. The zero-order valence-electron chi connectivity index (χ0n) is 9.66. The van der Waals surface area contributed by atoms with E-state index in [-0.39, 0.29) is 5.91 Å². The molecule has 0 atom stereocenters. The number of piperidine rings is 1. The summed E-state index contributed by atoms with van der Waals surface area (Å²) in [6, 6.07) is 3.65. The molecule has 5 heteroatoms. The lowest BCUT2D eigenvalue weighted by Crippen LogP contribution is -2.36. The number of likely N-dealkylation sites (tertiary alicyclic amines) is 1. The summed E-state index contributed by atoms with van der Waals surface area (Å²) in [6.45, 7) is 2.53. The number of hydrogen-bond donors (Lipinski definition) is 1. The van der Waals surface area contributed by atoms with Crippen molar-refractivity contribution in [1.82, 2.24) is 9.88 Å². The second-order valence-electron chi connectivity index (χ2n) is 4.25. The molecule has 1 N–H and O–H groups in total. The summed E-state index contributed by atoms with van der Waals surface area (Å²) in [6.07, 6.45) is 5.36. The number of pyridine rings is 1. The zero-order valence-corrected chi connectivity index (χ0v) is 11.2. The second kappa shape index (κ2) is 6.12. The maximum atomic E-state index is 11.8. The number of rotatable bonds is 3. The zero-order chi connectivity index (χ0) is 12.1. The van der Waals surface area contributed by atoms with E-state index < -0.39 is 0 Å². The average molecular weight is 298 g/mol. The normalized spacial score (nSPS) is 16.8. The lowest BCUT2D eigenvalue weighted by molar-refractivity contribution is -0.117. The quantitative estimate of drug-likeness (QED) is 0.931. The Hall–Kier alpha value is -0.940. The van der Waals surface area contributed by atoms with Crippen LogP contribution in [0.2, 0.25) is 0 Å². The van der Waals surface area contributed by atoms with Crippen LogP contribution in [0.4, 0.5) is 5.82 Å². The lowest BCUT2D eigenvalue weighted by Gasteiger charge is -2.25. The Balaban J connectivity index is 1.82. The number of aromatic nitrogens is 1. The van der Waals surface area contributed by atoms with Crippen molar-refractivity contribution in [3.63, 3.8) is 0 Å². The van der Waals surface area contributed by atoms with Gasteiger partial charge < -0.3 is 5.32 Å². The SMILES string of the molecule is O=C(CN1CCCCC1)Nc1ccc(Br)cn1. The Kier molecular flexibility index (Phi) is 4.50. The highest BCUT2D eigenvalue weighted by atomic mass is 79.9. The summed E-state index contributed by atoms with van der Waals surface area (Å²) < 4.78 is 0.909. The summed E-state index contributed by atoms with van der Waals surface area (Å²) in [4.78, 5) is 18.1. The average Bonchev–Trinajstić information content (AvgIpc) is 2.33. The fourth-order valence-corrected chi connectivity index (χ4v) is 2.19. The minimum atomic E-state index is 0.0155. The van der Waals surface area contributed by atoms with E-state index in [4.69, 9.17) is 0 Å².